The van der Waals surface area contributed by atoms with E-state index in [-0.39, 0.29) is 11.9 Å². The normalized spacial score (nSPS) is 13.2. The molecule has 0 saturated heterocycles. The van der Waals surface area contributed by atoms with E-state index in [9.17, 15) is 9.59 Å². The predicted molar refractivity (Wildman–Crippen MR) is 107 cm³/mol. The fraction of sp³-hybridized carbons (Fsp3) is 0.909. The van der Waals surface area contributed by atoms with Crippen LogP contribution in [0.3, 0.4) is 0 Å². The standard InChI is InChI=1S/C22H42O4/c1-5-8-10-12-14-16-18-20(17-15-13-11-9-6-2)22(24)26-19(4)21(23)25-7-3/h19-20H,5-18H2,1-4H3. The van der Waals surface area contributed by atoms with Crippen molar-refractivity contribution in [3.8, 4) is 0 Å². The van der Waals surface area contributed by atoms with Crippen LogP contribution >= 0.6 is 0 Å². The van der Waals surface area contributed by atoms with Gasteiger partial charge in [-0.3, -0.25) is 4.79 Å². The molecule has 4 heteroatoms. The molecule has 0 bridgehead atoms. The lowest BCUT2D eigenvalue weighted by Crippen LogP contribution is -2.29. The van der Waals surface area contributed by atoms with Crippen molar-refractivity contribution in [1.29, 1.82) is 0 Å². The van der Waals surface area contributed by atoms with Crippen molar-refractivity contribution in [2.75, 3.05) is 6.61 Å². The van der Waals surface area contributed by atoms with Crippen molar-refractivity contribution in [2.45, 2.75) is 117 Å². The molecular weight excluding hydrogens is 328 g/mol. The Kier molecular flexibility index (Phi) is 16.7. The molecule has 0 amide bonds. The van der Waals surface area contributed by atoms with E-state index in [2.05, 4.69) is 13.8 Å². The number of ether oxygens (including phenoxy) is 2. The second kappa shape index (κ2) is 17.4. The van der Waals surface area contributed by atoms with E-state index in [0.29, 0.717) is 6.61 Å². The second-order valence-corrected chi connectivity index (χ2v) is 7.29. The summed E-state index contributed by atoms with van der Waals surface area (Å²) < 4.78 is 10.3. The molecule has 2 unspecified atom stereocenters. The molecule has 0 heterocycles. The first-order chi connectivity index (χ1) is 12.6. The van der Waals surface area contributed by atoms with Crippen LogP contribution in [0.25, 0.3) is 0 Å². The van der Waals surface area contributed by atoms with Gasteiger partial charge >= 0.3 is 11.9 Å². The van der Waals surface area contributed by atoms with E-state index in [0.717, 1.165) is 25.7 Å². The first-order valence-electron chi connectivity index (χ1n) is 10.9. The first kappa shape index (κ1) is 24.9. The number of hydrogen-bond donors (Lipinski definition) is 0. The third kappa shape index (κ3) is 13.2. The third-order valence-electron chi connectivity index (χ3n) is 4.81. The predicted octanol–water partition coefficient (Wildman–Crippen LogP) is 6.21. The highest BCUT2D eigenvalue weighted by Crippen LogP contribution is 2.21. The molecule has 2 atom stereocenters. The first-order valence-corrected chi connectivity index (χ1v) is 10.9. The lowest BCUT2D eigenvalue weighted by Gasteiger charge is -2.19. The quantitative estimate of drug-likeness (QED) is 0.226. The number of esters is 2. The molecule has 0 radical (unpaired) electrons. The van der Waals surface area contributed by atoms with E-state index < -0.39 is 12.1 Å². The fourth-order valence-electron chi connectivity index (χ4n) is 3.12. The Hall–Kier alpha value is -1.06. The molecule has 154 valence electrons. The topological polar surface area (TPSA) is 52.6 Å². The highest BCUT2D eigenvalue weighted by atomic mass is 16.6. The van der Waals surface area contributed by atoms with Gasteiger partial charge in [0.2, 0.25) is 0 Å². The molecule has 0 rings (SSSR count). The Morgan fingerprint density at radius 3 is 1.62 bits per heavy atom. The van der Waals surface area contributed by atoms with E-state index in [1.54, 1.807) is 13.8 Å². The zero-order valence-electron chi connectivity index (χ0n) is 17.7. The van der Waals surface area contributed by atoms with Gasteiger partial charge in [0, 0.05) is 0 Å². The molecule has 0 aromatic heterocycles. The summed E-state index contributed by atoms with van der Waals surface area (Å²) in [7, 11) is 0. The van der Waals surface area contributed by atoms with Crippen LogP contribution in [0.15, 0.2) is 0 Å². The van der Waals surface area contributed by atoms with Gasteiger partial charge < -0.3 is 9.47 Å². The van der Waals surface area contributed by atoms with Crippen molar-refractivity contribution in [3.05, 3.63) is 0 Å². The minimum Gasteiger partial charge on any atom is -0.463 e. The van der Waals surface area contributed by atoms with Crippen molar-refractivity contribution in [2.24, 2.45) is 5.92 Å². The molecular formula is C22H42O4. The van der Waals surface area contributed by atoms with Gasteiger partial charge in [0.25, 0.3) is 0 Å². The van der Waals surface area contributed by atoms with Gasteiger partial charge in [0.15, 0.2) is 6.10 Å². The van der Waals surface area contributed by atoms with Crippen LogP contribution < -0.4 is 0 Å². The van der Waals surface area contributed by atoms with Gasteiger partial charge in [-0.1, -0.05) is 84.5 Å². The summed E-state index contributed by atoms with van der Waals surface area (Å²) in [4.78, 5) is 24.2. The van der Waals surface area contributed by atoms with Crippen LogP contribution in [0, 0.1) is 5.92 Å². The van der Waals surface area contributed by atoms with Gasteiger partial charge in [-0.25, -0.2) is 4.79 Å². The number of carbonyl (C=O) groups is 2. The van der Waals surface area contributed by atoms with Gasteiger partial charge in [0.05, 0.1) is 12.5 Å². The van der Waals surface area contributed by atoms with E-state index in [1.165, 1.54) is 57.8 Å². The molecule has 0 aromatic rings. The van der Waals surface area contributed by atoms with E-state index in [1.807, 2.05) is 0 Å². The van der Waals surface area contributed by atoms with Crippen LogP contribution in [-0.4, -0.2) is 24.6 Å². The summed E-state index contributed by atoms with van der Waals surface area (Å²) in [5.74, 6) is -0.767. The molecule has 26 heavy (non-hydrogen) atoms. The molecule has 0 aliphatic rings. The number of carbonyl (C=O) groups excluding carboxylic acids is 2. The van der Waals surface area contributed by atoms with Crippen LogP contribution in [0.4, 0.5) is 0 Å². The molecule has 0 aliphatic heterocycles. The highest BCUT2D eigenvalue weighted by Gasteiger charge is 2.25. The summed E-state index contributed by atoms with van der Waals surface area (Å²) in [5.41, 5.74) is 0. The monoisotopic (exact) mass is 370 g/mol. The van der Waals surface area contributed by atoms with Crippen LogP contribution in [-0.2, 0) is 19.1 Å². The summed E-state index contributed by atoms with van der Waals surface area (Å²) in [5, 5.41) is 0. The summed E-state index contributed by atoms with van der Waals surface area (Å²) in [6.07, 6.45) is 14.2. The zero-order valence-corrected chi connectivity index (χ0v) is 17.7. The Bertz CT molecular complexity index is 354. The van der Waals surface area contributed by atoms with Crippen molar-refractivity contribution in [3.63, 3.8) is 0 Å². The van der Waals surface area contributed by atoms with Gasteiger partial charge in [-0.2, -0.15) is 0 Å². The van der Waals surface area contributed by atoms with Crippen LogP contribution in [0.2, 0.25) is 0 Å². The maximum Gasteiger partial charge on any atom is 0.347 e. The summed E-state index contributed by atoms with van der Waals surface area (Å²) in [6.45, 7) is 8.08. The van der Waals surface area contributed by atoms with Crippen LogP contribution in [0.1, 0.15) is 111 Å². The molecule has 0 N–H and O–H groups in total. The number of unbranched alkanes of at least 4 members (excludes halogenated alkanes) is 9. The minimum absolute atomic E-state index is 0.0836. The summed E-state index contributed by atoms with van der Waals surface area (Å²) in [6, 6.07) is 0. The van der Waals surface area contributed by atoms with E-state index in [4.69, 9.17) is 9.47 Å². The van der Waals surface area contributed by atoms with Crippen molar-refractivity contribution in [1.82, 2.24) is 0 Å². The molecule has 0 aromatic carbocycles. The van der Waals surface area contributed by atoms with E-state index >= 15 is 0 Å². The van der Waals surface area contributed by atoms with Gasteiger partial charge in [0.1, 0.15) is 0 Å². The maximum atomic E-state index is 12.5. The lowest BCUT2D eigenvalue weighted by atomic mass is 9.94. The maximum absolute atomic E-state index is 12.5. The van der Waals surface area contributed by atoms with Crippen molar-refractivity contribution < 1.29 is 19.1 Å². The molecule has 0 fully saturated rings. The molecule has 0 spiro atoms. The third-order valence-corrected chi connectivity index (χ3v) is 4.81. The second-order valence-electron chi connectivity index (χ2n) is 7.29. The van der Waals surface area contributed by atoms with Crippen LogP contribution in [0.5, 0.6) is 0 Å². The molecule has 0 aliphatic carbocycles. The van der Waals surface area contributed by atoms with Crippen molar-refractivity contribution >= 4 is 11.9 Å². The average molecular weight is 371 g/mol. The zero-order chi connectivity index (χ0) is 19.6. The smallest absolute Gasteiger partial charge is 0.347 e. The van der Waals surface area contributed by atoms with Gasteiger partial charge in [-0.15, -0.1) is 0 Å². The fourth-order valence-corrected chi connectivity index (χ4v) is 3.12. The SMILES string of the molecule is CCCCCCCCC(CCCCCCC)C(=O)OC(C)C(=O)OCC. The number of rotatable bonds is 17. The Morgan fingerprint density at radius 2 is 1.15 bits per heavy atom. The summed E-state index contributed by atoms with van der Waals surface area (Å²) >= 11 is 0. The Labute approximate surface area is 161 Å². The number of hydrogen-bond acceptors (Lipinski definition) is 4. The Balaban J connectivity index is 4.34. The highest BCUT2D eigenvalue weighted by molar-refractivity contribution is 5.80. The lowest BCUT2D eigenvalue weighted by molar-refractivity contribution is -0.169. The minimum atomic E-state index is -0.811. The average Bonchev–Trinajstić information content (AvgIpc) is 2.62. The van der Waals surface area contributed by atoms with Gasteiger partial charge in [-0.05, 0) is 26.7 Å². The molecule has 0 saturated carbocycles. The Morgan fingerprint density at radius 1 is 0.692 bits per heavy atom. The molecule has 4 nitrogen and oxygen atoms in total. The largest absolute Gasteiger partial charge is 0.463 e.